The molecule has 31 heavy (non-hydrogen) atoms. The van der Waals surface area contributed by atoms with Gasteiger partial charge in [-0.25, -0.2) is 0 Å². The van der Waals surface area contributed by atoms with Crippen LogP contribution in [0.3, 0.4) is 0 Å². The molecule has 0 saturated heterocycles. The van der Waals surface area contributed by atoms with Crippen LogP contribution in [0.2, 0.25) is 0 Å². The average molecular weight is 409 g/mol. The van der Waals surface area contributed by atoms with Gasteiger partial charge in [-0.2, -0.15) is 0 Å². The topological polar surface area (TPSA) is 34.1 Å². The van der Waals surface area contributed by atoms with Crippen molar-refractivity contribution in [1.29, 1.82) is 0 Å². The molecule has 0 spiro atoms. The van der Waals surface area contributed by atoms with Crippen LogP contribution in [0.1, 0.15) is 37.8 Å². The normalized spacial score (nSPS) is 17.0. The van der Waals surface area contributed by atoms with E-state index in [1.165, 1.54) is 22.3 Å². The van der Waals surface area contributed by atoms with Crippen LogP contribution in [0, 0.1) is 5.41 Å². The zero-order valence-corrected chi connectivity index (χ0v) is 18.2. The third kappa shape index (κ3) is 4.74. The summed E-state index contributed by atoms with van der Waals surface area (Å²) < 4.78 is 0. The molecule has 2 nitrogen and oxygen atoms in total. The average Bonchev–Trinajstić information content (AvgIpc) is 2.75. The molecule has 0 aromatic heterocycles. The van der Waals surface area contributed by atoms with Crippen LogP contribution in [-0.4, -0.2) is 11.6 Å². The minimum Gasteiger partial charge on any atom is -0.294 e. The molecule has 2 aromatic carbocycles. The fourth-order valence-corrected chi connectivity index (χ4v) is 4.71. The number of allylic oxidation sites excluding steroid dienone is 8. The molecule has 0 bridgehead atoms. The molecule has 0 amide bonds. The minimum atomic E-state index is -0.303. The van der Waals surface area contributed by atoms with E-state index in [0.29, 0.717) is 12.8 Å². The van der Waals surface area contributed by atoms with Crippen LogP contribution in [-0.2, 0) is 22.4 Å². The summed E-state index contributed by atoms with van der Waals surface area (Å²) >= 11 is 0. The summed E-state index contributed by atoms with van der Waals surface area (Å²) in [6.07, 6.45) is 10.1. The molecule has 2 aliphatic rings. The van der Waals surface area contributed by atoms with Gasteiger partial charge in [-0.3, -0.25) is 9.59 Å². The van der Waals surface area contributed by atoms with E-state index in [4.69, 9.17) is 0 Å². The summed E-state index contributed by atoms with van der Waals surface area (Å²) in [5.74, 6) is 0.302. The SMILES string of the molecule is CC(C)(C1=CCC(=O)C=C1Cc1ccccc1)C1=CCC(=O)C=C1Cc1ccccc1. The molecule has 2 aromatic rings. The number of ketones is 2. The van der Waals surface area contributed by atoms with E-state index in [9.17, 15) is 9.59 Å². The maximum Gasteiger partial charge on any atom is 0.159 e. The second-order valence-corrected chi connectivity index (χ2v) is 8.87. The van der Waals surface area contributed by atoms with Gasteiger partial charge in [0.2, 0.25) is 0 Å². The quantitative estimate of drug-likeness (QED) is 0.574. The molecule has 2 heteroatoms. The van der Waals surface area contributed by atoms with Crippen LogP contribution in [0.25, 0.3) is 0 Å². The highest BCUT2D eigenvalue weighted by Gasteiger charge is 2.34. The van der Waals surface area contributed by atoms with Gasteiger partial charge in [0.15, 0.2) is 11.6 Å². The minimum absolute atomic E-state index is 0.151. The molecular formula is C29H28O2. The fourth-order valence-electron chi connectivity index (χ4n) is 4.71. The lowest BCUT2D eigenvalue weighted by molar-refractivity contribution is -0.114. The van der Waals surface area contributed by atoms with Gasteiger partial charge in [0.05, 0.1) is 0 Å². The van der Waals surface area contributed by atoms with Crippen molar-refractivity contribution in [3.63, 3.8) is 0 Å². The van der Waals surface area contributed by atoms with Crippen molar-refractivity contribution in [2.24, 2.45) is 5.41 Å². The second kappa shape index (κ2) is 8.85. The van der Waals surface area contributed by atoms with E-state index in [1.807, 2.05) is 48.6 Å². The zero-order chi connectivity index (χ0) is 21.8. The van der Waals surface area contributed by atoms with Crippen molar-refractivity contribution >= 4 is 11.6 Å². The van der Waals surface area contributed by atoms with Gasteiger partial charge < -0.3 is 0 Å². The Hall–Kier alpha value is -3.26. The summed E-state index contributed by atoms with van der Waals surface area (Å²) in [5, 5.41) is 0. The summed E-state index contributed by atoms with van der Waals surface area (Å²) in [6.45, 7) is 4.43. The van der Waals surface area contributed by atoms with Crippen molar-refractivity contribution in [3.05, 3.63) is 118 Å². The number of benzene rings is 2. The molecule has 0 atom stereocenters. The Morgan fingerprint density at radius 2 is 1.03 bits per heavy atom. The molecule has 2 aliphatic carbocycles. The Morgan fingerprint density at radius 1 is 0.645 bits per heavy atom. The Morgan fingerprint density at radius 3 is 1.42 bits per heavy atom. The molecule has 0 radical (unpaired) electrons. The monoisotopic (exact) mass is 408 g/mol. The predicted molar refractivity (Wildman–Crippen MR) is 126 cm³/mol. The highest BCUT2D eigenvalue weighted by molar-refractivity contribution is 5.95. The maximum atomic E-state index is 12.3. The van der Waals surface area contributed by atoms with Gasteiger partial charge in [-0.05, 0) is 58.4 Å². The van der Waals surface area contributed by atoms with E-state index in [0.717, 1.165) is 24.0 Å². The highest BCUT2D eigenvalue weighted by Crippen LogP contribution is 2.46. The van der Waals surface area contributed by atoms with Crippen LogP contribution in [0.5, 0.6) is 0 Å². The van der Waals surface area contributed by atoms with Crippen molar-refractivity contribution in [2.45, 2.75) is 39.5 Å². The lowest BCUT2D eigenvalue weighted by atomic mass is 9.67. The number of carbonyl (C=O) groups excluding carboxylic acids is 2. The molecule has 156 valence electrons. The molecule has 0 saturated carbocycles. The van der Waals surface area contributed by atoms with Gasteiger partial charge in [0.25, 0.3) is 0 Å². The van der Waals surface area contributed by atoms with Gasteiger partial charge in [0.1, 0.15) is 0 Å². The first-order valence-corrected chi connectivity index (χ1v) is 10.9. The Labute approximate surface area is 184 Å². The van der Waals surface area contributed by atoms with Gasteiger partial charge in [-0.15, -0.1) is 0 Å². The van der Waals surface area contributed by atoms with Crippen molar-refractivity contribution in [2.75, 3.05) is 0 Å². The molecule has 0 fully saturated rings. The number of hydrogen-bond donors (Lipinski definition) is 0. The van der Waals surface area contributed by atoms with Gasteiger partial charge in [-0.1, -0.05) is 86.7 Å². The van der Waals surface area contributed by atoms with E-state index in [-0.39, 0.29) is 17.0 Å². The first-order valence-electron chi connectivity index (χ1n) is 10.9. The van der Waals surface area contributed by atoms with Gasteiger partial charge >= 0.3 is 0 Å². The standard InChI is InChI=1S/C29H28O2/c1-29(2,27-15-13-25(30)19-23(27)17-21-9-5-3-6-10-21)28-16-14-26(31)20-24(28)18-22-11-7-4-8-12-22/h3-12,15-16,19-20H,13-14,17-18H2,1-2H3. The Balaban J connectivity index is 1.67. The summed E-state index contributed by atoms with van der Waals surface area (Å²) in [7, 11) is 0. The first-order chi connectivity index (χ1) is 14.9. The highest BCUT2D eigenvalue weighted by atomic mass is 16.1. The predicted octanol–water partition coefficient (Wildman–Crippen LogP) is 6.15. The Kier molecular flexibility index (Phi) is 5.99. The van der Waals surface area contributed by atoms with Crippen LogP contribution >= 0.6 is 0 Å². The number of carbonyl (C=O) groups is 2. The lowest BCUT2D eigenvalue weighted by Crippen LogP contribution is -2.26. The van der Waals surface area contributed by atoms with Crippen molar-refractivity contribution in [1.82, 2.24) is 0 Å². The maximum absolute atomic E-state index is 12.3. The smallest absolute Gasteiger partial charge is 0.159 e. The van der Waals surface area contributed by atoms with E-state index < -0.39 is 0 Å². The summed E-state index contributed by atoms with van der Waals surface area (Å²) in [4.78, 5) is 24.5. The largest absolute Gasteiger partial charge is 0.294 e. The molecule has 4 rings (SSSR count). The third-order valence-electron chi connectivity index (χ3n) is 6.20. The molecular weight excluding hydrogens is 380 g/mol. The molecule has 0 unspecified atom stereocenters. The lowest BCUT2D eigenvalue weighted by Gasteiger charge is -2.36. The van der Waals surface area contributed by atoms with Crippen LogP contribution in [0.4, 0.5) is 0 Å². The van der Waals surface area contributed by atoms with Crippen LogP contribution < -0.4 is 0 Å². The van der Waals surface area contributed by atoms with Crippen molar-refractivity contribution < 1.29 is 9.59 Å². The van der Waals surface area contributed by atoms with Crippen molar-refractivity contribution in [3.8, 4) is 0 Å². The summed E-state index contributed by atoms with van der Waals surface area (Å²) in [5.41, 5.74) is 6.61. The number of rotatable bonds is 6. The summed E-state index contributed by atoms with van der Waals surface area (Å²) in [6, 6.07) is 20.6. The van der Waals surface area contributed by atoms with E-state index >= 15 is 0 Å². The van der Waals surface area contributed by atoms with Gasteiger partial charge in [0, 0.05) is 18.3 Å². The van der Waals surface area contributed by atoms with E-state index in [2.05, 4.69) is 50.3 Å². The van der Waals surface area contributed by atoms with E-state index in [1.54, 1.807) is 0 Å². The van der Waals surface area contributed by atoms with Crippen LogP contribution in [0.15, 0.2) is 107 Å². The molecule has 0 N–H and O–H groups in total. The third-order valence-corrected chi connectivity index (χ3v) is 6.20. The second-order valence-electron chi connectivity index (χ2n) is 8.87. The fraction of sp³-hybridized carbons (Fsp3) is 0.241. The molecule has 0 heterocycles. The number of hydrogen-bond acceptors (Lipinski definition) is 2. The molecule has 0 aliphatic heterocycles. The first kappa shape index (κ1) is 21.0. The Bertz CT molecular complexity index is 1020. The zero-order valence-electron chi connectivity index (χ0n) is 18.2.